The van der Waals surface area contributed by atoms with E-state index in [0.717, 1.165) is 18.0 Å². The summed E-state index contributed by atoms with van der Waals surface area (Å²) in [6, 6.07) is 7.04. The van der Waals surface area contributed by atoms with Gasteiger partial charge in [-0.2, -0.15) is 0 Å². The molecule has 0 amide bonds. The SMILES string of the molecule is CCC1CCNC(c2nc3cc(C)ccc3s2)C1. The zero-order valence-electron chi connectivity index (χ0n) is 11.1. The molecule has 3 heteroatoms. The Morgan fingerprint density at radius 3 is 3.17 bits per heavy atom. The van der Waals surface area contributed by atoms with Crippen molar-refractivity contribution in [1.82, 2.24) is 10.3 Å². The van der Waals surface area contributed by atoms with E-state index in [0.29, 0.717) is 6.04 Å². The van der Waals surface area contributed by atoms with Crippen LogP contribution in [0.15, 0.2) is 18.2 Å². The van der Waals surface area contributed by atoms with Crippen molar-refractivity contribution in [2.75, 3.05) is 6.54 Å². The summed E-state index contributed by atoms with van der Waals surface area (Å²) in [6.07, 6.45) is 3.86. The Morgan fingerprint density at radius 1 is 1.44 bits per heavy atom. The van der Waals surface area contributed by atoms with Gasteiger partial charge in [-0.1, -0.05) is 19.4 Å². The lowest BCUT2D eigenvalue weighted by atomic mass is 9.91. The number of thiazole rings is 1. The molecule has 0 spiro atoms. The summed E-state index contributed by atoms with van der Waals surface area (Å²) in [4.78, 5) is 4.82. The van der Waals surface area contributed by atoms with Gasteiger partial charge in [-0.15, -0.1) is 11.3 Å². The molecule has 1 N–H and O–H groups in total. The maximum Gasteiger partial charge on any atom is 0.111 e. The molecule has 3 rings (SSSR count). The lowest BCUT2D eigenvalue weighted by Gasteiger charge is -2.28. The number of fused-ring (bicyclic) bond motifs is 1. The quantitative estimate of drug-likeness (QED) is 0.881. The Bertz CT molecular complexity index is 546. The van der Waals surface area contributed by atoms with E-state index < -0.39 is 0 Å². The van der Waals surface area contributed by atoms with Gasteiger partial charge in [0.25, 0.3) is 0 Å². The molecule has 0 bridgehead atoms. The molecule has 18 heavy (non-hydrogen) atoms. The molecule has 2 unspecified atom stereocenters. The van der Waals surface area contributed by atoms with Gasteiger partial charge >= 0.3 is 0 Å². The van der Waals surface area contributed by atoms with Crippen LogP contribution in [0.5, 0.6) is 0 Å². The second kappa shape index (κ2) is 4.98. The Kier molecular flexibility index (Phi) is 3.35. The summed E-state index contributed by atoms with van der Waals surface area (Å²) in [6.45, 7) is 5.57. The van der Waals surface area contributed by atoms with Crippen LogP contribution in [0.4, 0.5) is 0 Å². The zero-order valence-corrected chi connectivity index (χ0v) is 11.9. The molecule has 2 nitrogen and oxygen atoms in total. The fourth-order valence-electron chi connectivity index (χ4n) is 2.76. The first kappa shape index (κ1) is 12.1. The molecule has 1 aromatic carbocycles. The van der Waals surface area contributed by atoms with Crippen LogP contribution in [0.3, 0.4) is 0 Å². The number of rotatable bonds is 2. The maximum atomic E-state index is 4.82. The summed E-state index contributed by atoms with van der Waals surface area (Å²) >= 11 is 1.85. The second-order valence-corrected chi connectivity index (χ2v) is 6.39. The predicted octanol–water partition coefficient (Wildman–Crippen LogP) is 4.06. The Morgan fingerprint density at radius 2 is 2.33 bits per heavy atom. The highest BCUT2D eigenvalue weighted by molar-refractivity contribution is 7.18. The van der Waals surface area contributed by atoms with Gasteiger partial charge in [0.05, 0.1) is 16.3 Å². The van der Waals surface area contributed by atoms with Crippen molar-refractivity contribution in [1.29, 1.82) is 0 Å². The number of hydrogen-bond acceptors (Lipinski definition) is 3. The first-order valence-electron chi connectivity index (χ1n) is 6.86. The normalized spacial score (nSPS) is 24.6. The molecule has 96 valence electrons. The van der Waals surface area contributed by atoms with Gasteiger partial charge in [0.15, 0.2) is 0 Å². The van der Waals surface area contributed by atoms with Crippen LogP contribution in [-0.2, 0) is 0 Å². The minimum atomic E-state index is 0.474. The standard InChI is InChI=1S/C15H20N2S/c1-3-11-6-7-16-13(9-11)15-17-12-8-10(2)4-5-14(12)18-15/h4-5,8,11,13,16H,3,6-7,9H2,1-2H3. The maximum absolute atomic E-state index is 4.82. The van der Waals surface area contributed by atoms with Gasteiger partial charge in [0.1, 0.15) is 5.01 Å². The molecular formula is C15H20N2S. The number of nitrogens with one attached hydrogen (secondary N) is 1. The molecular weight excluding hydrogens is 240 g/mol. The Balaban J connectivity index is 1.89. The number of benzene rings is 1. The van der Waals surface area contributed by atoms with Crippen molar-refractivity contribution in [3.05, 3.63) is 28.8 Å². The van der Waals surface area contributed by atoms with Crippen molar-refractivity contribution in [3.63, 3.8) is 0 Å². The van der Waals surface area contributed by atoms with E-state index in [2.05, 4.69) is 37.4 Å². The van der Waals surface area contributed by atoms with Crippen molar-refractivity contribution < 1.29 is 0 Å². The summed E-state index contributed by atoms with van der Waals surface area (Å²) in [5.74, 6) is 0.866. The Labute approximate surface area is 112 Å². The molecule has 1 fully saturated rings. The highest BCUT2D eigenvalue weighted by Crippen LogP contribution is 2.33. The molecule has 1 aliphatic heterocycles. The van der Waals surface area contributed by atoms with Crippen molar-refractivity contribution in [2.45, 2.75) is 39.2 Å². The van der Waals surface area contributed by atoms with Crippen LogP contribution < -0.4 is 5.32 Å². The van der Waals surface area contributed by atoms with Crippen LogP contribution in [0.2, 0.25) is 0 Å². The topological polar surface area (TPSA) is 24.9 Å². The molecule has 2 atom stereocenters. The summed E-state index contributed by atoms with van der Waals surface area (Å²) in [5, 5.41) is 4.90. The summed E-state index contributed by atoms with van der Waals surface area (Å²) < 4.78 is 1.32. The van der Waals surface area contributed by atoms with E-state index in [4.69, 9.17) is 4.98 Å². The summed E-state index contributed by atoms with van der Waals surface area (Å²) in [7, 11) is 0. The van der Waals surface area contributed by atoms with E-state index in [1.165, 1.54) is 34.5 Å². The number of nitrogens with zero attached hydrogens (tertiary/aromatic N) is 1. The number of hydrogen-bond donors (Lipinski definition) is 1. The van der Waals surface area contributed by atoms with E-state index in [1.54, 1.807) is 0 Å². The number of aromatic nitrogens is 1. The number of piperidine rings is 1. The average Bonchev–Trinajstić information content (AvgIpc) is 2.81. The molecule has 2 aromatic rings. The van der Waals surface area contributed by atoms with Gasteiger partial charge in [-0.25, -0.2) is 4.98 Å². The molecule has 1 aromatic heterocycles. The van der Waals surface area contributed by atoms with Gasteiger partial charge in [-0.05, 0) is 49.9 Å². The highest BCUT2D eigenvalue weighted by Gasteiger charge is 2.24. The van der Waals surface area contributed by atoms with E-state index in [1.807, 2.05) is 11.3 Å². The average molecular weight is 260 g/mol. The third kappa shape index (κ3) is 2.29. The predicted molar refractivity (Wildman–Crippen MR) is 78.1 cm³/mol. The van der Waals surface area contributed by atoms with Gasteiger partial charge in [0, 0.05) is 0 Å². The van der Waals surface area contributed by atoms with Crippen LogP contribution in [0.25, 0.3) is 10.2 Å². The fraction of sp³-hybridized carbons (Fsp3) is 0.533. The van der Waals surface area contributed by atoms with Crippen LogP contribution >= 0.6 is 11.3 Å². The van der Waals surface area contributed by atoms with Crippen LogP contribution in [-0.4, -0.2) is 11.5 Å². The number of aryl methyl sites for hydroxylation is 1. The zero-order chi connectivity index (χ0) is 12.5. The third-order valence-electron chi connectivity index (χ3n) is 3.95. The van der Waals surface area contributed by atoms with Crippen LogP contribution in [0.1, 0.15) is 42.8 Å². The van der Waals surface area contributed by atoms with Crippen molar-refractivity contribution in [2.24, 2.45) is 5.92 Å². The first-order chi connectivity index (χ1) is 8.76. The van der Waals surface area contributed by atoms with E-state index in [9.17, 15) is 0 Å². The van der Waals surface area contributed by atoms with Gasteiger partial charge < -0.3 is 5.32 Å². The van der Waals surface area contributed by atoms with E-state index >= 15 is 0 Å². The van der Waals surface area contributed by atoms with E-state index in [-0.39, 0.29) is 0 Å². The van der Waals surface area contributed by atoms with Gasteiger partial charge in [-0.3, -0.25) is 0 Å². The molecule has 0 saturated carbocycles. The third-order valence-corrected chi connectivity index (χ3v) is 5.10. The second-order valence-electron chi connectivity index (χ2n) is 5.33. The minimum absolute atomic E-state index is 0.474. The molecule has 1 saturated heterocycles. The first-order valence-corrected chi connectivity index (χ1v) is 7.68. The molecule has 2 heterocycles. The molecule has 0 radical (unpaired) electrons. The minimum Gasteiger partial charge on any atom is -0.308 e. The summed E-state index contributed by atoms with van der Waals surface area (Å²) in [5.41, 5.74) is 2.46. The molecule has 1 aliphatic rings. The van der Waals surface area contributed by atoms with Crippen LogP contribution in [0, 0.1) is 12.8 Å². The van der Waals surface area contributed by atoms with Crippen molar-refractivity contribution >= 4 is 21.6 Å². The smallest absolute Gasteiger partial charge is 0.111 e. The van der Waals surface area contributed by atoms with Gasteiger partial charge in [0.2, 0.25) is 0 Å². The Hall–Kier alpha value is -0.930. The largest absolute Gasteiger partial charge is 0.308 e. The fourth-order valence-corrected chi connectivity index (χ4v) is 3.80. The van der Waals surface area contributed by atoms with Crippen molar-refractivity contribution in [3.8, 4) is 0 Å². The monoisotopic (exact) mass is 260 g/mol. The lowest BCUT2D eigenvalue weighted by molar-refractivity contribution is 0.299. The molecule has 0 aliphatic carbocycles. The highest BCUT2D eigenvalue weighted by atomic mass is 32.1. The lowest BCUT2D eigenvalue weighted by Crippen LogP contribution is -2.31.